The van der Waals surface area contributed by atoms with Crippen LogP contribution in [0, 0.1) is 13.8 Å². The van der Waals surface area contributed by atoms with E-state index in [2.05, 4.69) is 10.1 Å². The lowest BCUT2D eigenvalue weighted by molar-refractivity contribution is 0.0792. The molecule has 1 amide bonds. The monoisotopic (exact) mass is 372 g/mol. The van der Waals surface area contributed by atoms with E-state index in [1.807, 2.05) is 44.2 Å². The van der Waals surface area contributed by atoms with Gasteiger partial charge in [-0.2, -0.15) is 0 Å². The number of halogens is 1. The molecule has 2 aromatic heterocycles. The summed E-state index contributed by atoms with van der Waals surface area (Å²) in [7, 11) is 0. The first-order chi connectivity index (χ1) is 12.0. The highest BCUT2D eigenvalue weighted by molar-refractivity contribution is 6.07. The average Bonchev–Trinajstić information content (AvgIpc) is 3.20. The van der Waals surface area contributed by atoms with Crippen molar-refractivity contribution in [2.45, 2.75) is 26.3 Å². The van der Waals surface area contributed by atoms with Gasteiger partial charge in [-0.25, -0.2) is 4.98 Å². The van der Waals surface area contributed by atoms with Crippen LogP contribution < -0.4 is 5.73 Å². The van der Waals surface area contributed by atoms with Crippen LogP contribution in [0.15, 0.2) is 34.9 Å². The van der Waals surface area contributed by atoms with Gasteiger partial charge in [0.25, 0.3) is 11.6 Å². The Kier molecular flexibility index (Phi) is 4.98. The number of rotatable bonds is 2. The van der Waals surface area contributed by atoms with Crippen molar-refractivity contribution in [2.75, 3.05) is 13.1 Å². The first-order valence-electron chi connectivity index (χ1n) is 8.42. The molecule has 26 heavy (non-hydrogen) atoms. The number of benzene rings is 1. The molecule has 3 aromatic rings. The fourth-order valence-electron chi connectivity index (χ4n) is 3.28. The van der Waals surface area contributed by atoms with Gasteiger partial charge in [-0.3, -0.25) is 4.79 Å². The molecule has 1 aliphatic heterocycles. The number of likely N-dealkylation sites (tertiary alicyclic amines) is 1. The van der Waals surface area contributed by atoms with Crippen molar-refractivity contribution in [3.8, 4) is 11.3 Å². The summed E-state index contributed by atoms with van der Waals surface area (Å²) < 4.78 is 5.35. The van der Waals surface area contributed by atoms with Crippen LogP contribution in [0.1, 0.15) is 28.0 Å². The number of nitrogens with two attached hydrogens (primary N) is 1. The Morgan fingerprint density at radius 2 is 2.00 bits per heavy atom. The van der Waals surface area contributed by atoms with E-state index in [4.69, 9.17) is 10.3 Å². The Morgan fingerprint density at radius 3 is 2.65 bits per heavy atom. The average molecular weight is 373 g/mol. The van der Waals surface area contributed by atoms with Crippen LogP contribution in [0.3, 0.4) is 0 Å². The number of hydrogen-bond donors (Lipinski definition) is 1. The van der Waals surface area contributed by atoms with Crippen molar-refractivity contribution in [1.82, 2.24) is 15.0 Å². The Bertz CT molecular complexity index is 952. The third-order valence-corrected chi connectivity index (χ3v) is 4.71. The van der Waals surface area contributed by atoms with Gasteiger partial charge in [0.1, 0.15) is 0 Å². The fraction of sp³-hybridized carbons (Fsp3) is 0.316. The van der Waals surface area contributed by atoms with E-state index in [1.165, 1.54) is 5.56 Å². The summed E-state index contributed by atoms with van der Waals surface area (Å²) in [5, 5.41) is 4.68. The van der Waals surface area contributed by atoms with Gasteiger partial charge in [0, 0.05) is 24.7 Å². The number of carbonyl (C=O) groups is 1. The number of amides is 1. The molecule has 1 aliphatic rings. The molecule has 1 saturated heterocycles. The highest BCUT2D eigenvalue weighted by Crippen LogP contribution is 2.28. The Morgan fingerprint density at radius 1 is 1.27 bits per heavy atom. The van der Waals surface area contributed by atoms with Crippen molar-refractivity contribution in [2.24, 2.45) is 5.73 Å². The molecule has 0 unspecified atom stereocenters. The number of aromatic nitrogens is 2. The molecule has 6 nitrogen and oxygen atoms in total. The van der Waals surface area contributed by atoms with Crippen LogP contribution in [-0.2, 0) is 0 Å². The molecule has 0 aliphatic carbocycles. The van der Waals surface area contributed by atoms with E-state index in [0.717, 1.165) is 12.0 Å². The minimum atomic E-state index is -0.0417. The molecule has 0 bridgehead atoms. The van der Waals surface area contributed by atoms with Crippen LogP contribution >= 0.6 is 12.4 Å². The van der Waals surface area contributed by atoms with Crippen LogP contribution in [0.5, 0.6) is 0 Å². The third-order valence-electron chi connectivity index (χ3n) is 4.71. The SMILES string of the molecule is Cc1ccc(-c2cc(C(=O)N3CC[C@@H](N)C3)c3c(C)noc3n2)cc1.Cl. The Labute approximate surface area is 157 Å². The molecule has 1 aromatic carbocycles. The van der Waals surface area contributed by atoms with Gasteiger partial charge in [-0.05, 0) is 26.3 Å². The minimum absolute atomic E-state index is 0. The normalized spacial score (nSPS) is 16.7. The molecule has 7 heteroatoms. The summed E-state index contributed by atoms with van der Waals surface area (Å²) in [4.78, 5) is 19.4. The van der Waals surface area contributed by atoms with Crippen LogP contribution in [0.2, 0.25) is 0 Å². The van der Waals surface area contributed by atoms with Crippen molar-refractivity contribution in [3.05, 3.63) is 47.2 Å². The predicted molar refractivity (Wildman–Crippen MR) is 102 cm³/mol. The van der Waals surface area contributed by atoms with Crippen LogP contribution in [-0.4, -0.2) is 40.1 Å². The molecule has 2 N–H and O–H groups in total. The standard InChI is InChI=1S/C19H20N4O2.ClH/c1-11-3-5-13(6-4-11)16-9-15(17-12(2)22-25-18(17)21-16)19(24)23-8-7-14(20)10-23;/h3-6,9,14H,7-8,10,20H2,1-2H3;1H/t14-;/m1./s1. The van der Waals surface area contributed by atoms with Gasteiger partial charge in [-0.15, -0.1) is 12.4 Å². The summed E-state index contributed by atoms with van der Waals surface area (Å²) in [5.74, 6) is -0.0417. The van der Waals surface area contributed by atoms with Crippen molar-refractivity contribution >= 4 is 29.4 Å². The molecule has 0 radical (unpaired) electrons. The maximum absolute atomic E-state index is 13.1. The van der Waals surface area contributed by atoms with E-state index >= 15 is 0 Å². The van der Waals surface area contributed by atoms with Crippen molar-refractivity contribution in [3.63, 3.8) is 0 Å². The lowest BCUT2D eigenvalue weighted by Crippen LogP contribution is -2.32. The molecule has 4 rings (SSSR count). The maximum Gasteiger partial charge on any atom is 0.259 e. The van der Waals surface area contributed by atoms with Gasteiger partial charge in [0.15, 0.2) is 0 Å². The molecular formula is C19H21ClN4O2. The fourth-order valence-corrected chi connectivity index (χ4v) is 3.28. The minimum Gasteiger partial charge on any atom is -0.337 e. The smallest absolute Gasteiger partial charge is 0.259 e. The van der Waals surface area contributed by atoms with Gasteiger partial charge in [0.2, 0.25) is 0 Å². The molecule has 3 heterocycles. The summed E-state index contributed by atoms with van der Waals surface area (Å²) >= 11 is 0. The second-order valence-electron chi connectivity index (χ2n) is 6.67. The summed E-state index contributed by atoms with van der Waals surface area (Å²) in [5.41, 5.74) is 10.4. The zero-order valence-electron chi connectivity index (χ0n) is 14.7. The van der Waals surface area contributed by atoms with E-state index in [-0.39, 0.29) is 24.4 Å². The van der Waals surface area contributed by atoms with E-state index in [0.29, 0.717) is 41.1 Å². The number of pyridine rings is 1. The summed E-state index contributed by atoms with van der Waals surface area (Å²) in [6.45, 7) is 5.11. The lowest BCUT2D eigenvalue weighted by Gasteiger charge is -2.17. The zero-order chi connectivity index (χ0) is 17.6. The Balaban J connectivity index is 0.00000196. The van der Waals surface area contributed by atoms with Crippen LogP contribution in [0.25, 0.3) is 22.4 Å². The molecule has 0 spiro atoms. The van der Waals surface area contributed by atoms with E-state index in [1.54, 1.807) is 4.90 Å². The summed E-state index contributed by atoms with van der Waals surface area (Å²) in [6, 6.07) is 9.91. The van der Waals surface area contributed by atoms with Gasteiger partial charge in [0.05, 0.1) is 22.3 Å². The van der Waals surface area contributed by atoms with Gasteiger partial charge < -0.3 is 15.2 Å². The lowest BCUT2D eigenvalue weighted by atomic mass is 10.0. The number of nitrogens with zero attached hydrogens (tertiary/aromatic N) is 3. The maximum atomic E-state index is 13.1. The number of hydrogen-bond acceptors (Lipinski definition) is 5. The second kappa shape index (κ2) is 7.05. The van der Waals surface area contributed by atoms with E-state index < -0.39 is 0 Å². The molecule has 136 valence electrons. The highest BCUT2D eigenvalue weighted by Gasteiger charge is 2.28. The van der Waals surface area contributed by atoms with Crippen molar-refractivity contribution in [1.29, 1.82) is 0 Å². The molecule has 0 saturated carbocycles. The molecule has 1 atom stereocenters. The van der Waals surface area contributed by atoms with Gasteiger partial charge >= 0.3 is 0 Å². The quantitative estimate of drug-likeness (QED) is 0.747. The molecule has 1 fully saturated rings. The second-order valence-corrected chi connectivity index (χ2v) is 6.67. The topological polar surface area (TPSA) is 85.2 Å². The zero-order valence-corrected chi connectivity index (χ0v) is 15.5. The van der Waals surface area contributed by atoms with E-state index in [9.17, 15) is 4.79 Å². The van der Waals surface area contributed by atoms with Gasteiger partial charge in [-0.1, -0.05) is 35.0 Å². The van der Waals surface area contributed by atoms with Crippen molar-refractivity contribution < 1.29 is 9.32 Å². The van der Waals surface area contributed by atoms with Crippen LogP contribution in [0.4, 0.5) is 0 Å². The first-order valence-corrected chi connectivity index (χ1v) is 8.42. The molecular weight excluding hydrogens is 352 g/mol. The third kappa shape index (κ3) is 3.18. The highest BCUT2D eigenvalue weighted by atomic mass is 35.5. The number of aryl methyl sites for hydroxylation is 2. The largest absolute Gasteiger partial charge is 0.337 e. The predicted octanol–water partition coefficient (Wildman–Crippen LogP) is 3.10. The number of fused-ring (bicyclic) bond motifs is 1. The summed E-state index contributed by atoms with van der Waals surface area (Å²) in [6.07, 6.45) is 0.827. The first kappa shape index (κ1) is 18.4. The Hall–Kier alpha value is -2.44. The number of carbonyl (C=O) groups excluding carboxylic acids is 1.